The number of ether oxygens (including phenoxy) is 13. The maximum absolute atomic E-state index is 15.7. The molecule has 0 bridgehead atoms. The number of carboxylic acids is 1. The van der Waals surface area contributed by atoms with E-state index < -0.39 is 122 Å². The minimum absolute atomic E-state index is 0.00386. The highest BCUT2D eigenvalue weighted by molar-refractivity contribution is 5.85. The summed E-state index contributed by atoms with van der Waals surface area (Å²) in [7, 11) is 3.06. The number of carbonyl (C=O) groups excluding carboxylic acids is 14. The van der Waals surface area contributed by atoms with Gasteiger partial charge in [-0.3, -0.25) is 71.9 Å². The molecule has 3 heterocycles. The number of carbonyl (C=O) groups is 15. The number of benzene rings is 3. The zero-order valence-electron chi connectivity index (χ0n) is 84.2. The maximum atomic E-state index is 15.7. The van der Waals surface area contributed by atoms with Crippen LogP contribution in [0.2, 0.25) is 0 Å². The molecule has 3 aliphatic heterocycles. The first-order chi connectivity index (χ1) is 66.9. The van der Waals surface area contributed by atoms with Crippen LogP contribution in [0, 0.1) is 35.5 Å². The Bertz CT molecular complexity index is 4310. The average Bonchev–Trinajstić information content (AvgIpc) is 0.748. The monoisotopic (exact) mass is 1970 g/mol. The Balaban J connectivity index is 1.13. The molecule has 782 valence electrons. The number of amides is 10. The highest BCUT2D eigenvalue weighted by Crippen LogP contribution is 2.43. The summed E-state index contributed by atoms with van der Waals surface area (Å²) in [6.07, 6.45) is -1.41. The van der Waals surface area contributed by atoms with Gasteiger partial charge in [0.15, 0.2) is 18.9 Å². The molecule has 0 aromatic heterocycles. The number of hydrogen-bond donors (Lipinski definition) is 9. The van der Waals surface area contributed by atoms with Crippen molar-refractivity contribution >= 4 is 88.9 Å². The van der Waals surface area contributed by atoms with Gasteiger partial charge in [-0.2, -0.15) is 0 Å². The molecule has 140 heavy (non-hydrogen) atoms. The number of esters is 4. The molecule has 39 nitrogen and oxygen atoms in total. The molecule has 9 N–H and O–H groups in total. The van der Waals surface area contributed by atoms with Gasteiger partial charge in [0.05, 0.1) is 70.1 Å². The molecule has 0 spiro atoms. The third-order valence-electron chi connectivity index (χ3n) is 25.5. The van der Waals surface area contributed by atoms with E-state index in [9.17, 15) is 72.2 Å². The summed E-state index contributed by atoms with van der Waals surface area (Å²) in [6, 6.07) is 22.0. The fourth-order valence-electron chi connectivity index (χ4n) is 16.9. The van der Waals surface area contributed by atoms with Gasteiger partial charge in [-0.05, 0) is 160 Å². The van der Waals surface area contributed by atoms with E-state index >= 15 is 4.79 Å². The summed E-state index contributed by atoms with van der Waals surface area (Å²) >= 11 is 0. The van der Waals surface area contributed by atoms with Crippen molar-refractivity contribution in [2.24, 2.45) is 35.5 Å². The first-order valence-corrected chi connectivity index (χ1v) is 49.3. The van der Waals surface area contributed by atoms with Crippen molar-refractivity contribution in [3.05, 3.63) is 95.6 Å². The number of aliphatic carboxylic acids is 1. The van der Waals surface area contributed by atoms with Crippen LogP contribution in [-0.4, -0.2) is 285 Å². The van der Waals surface area contributed by atoms with E-state index in [2.05, 4.69) is 42.5 Å². The second-order valence-corrected chi connectivity index (χ2v) is 36.2. The van der Waals surface area contributed by atoms with Crippen molar-refractivity contribution in [2.75, 3.05) is 119 Å². The molecular weight excluding hydrogens is 1820 g/mol. The Morgan fingerprint density at radius 2 is 0.693 bits per heavy atom. The normalized spacial score (nSPS) is 21.2. The van der Waals surface area contributed by atoms with Crippen LogP contribution < -0.4 is 52.0 Å². The van der Waals surface area contributed by atoms with Crippen LogP contribution >= 0.6 is 0 Å². The van der Waals surface area contributed by atoms with Crippen LogP contribution in [-0.2, 0) is 130 Å². The summed E-state index contributed by atoms with van der Waals surface area (Å²) in [5, 5.41) is 33.0. The Morgan fingerprint density at radius 1 is 0.371 bits per heavy atom. The third kappa shape index (κ3) is 42.1. The van der Waals surface area contributed by atoms with E-state index in [1.165, 1.54) is 60.7 Å². The van der Waals surface area contributed by atoms with Gasteiger partial charge in [-0.25, -0.2) is 0 Å². The number of unbranched alkanes of at least 4 members (excludes halogenated alkanes) is 4. The molecule has 10 amide bonds. The molecular formula is C101H154N10O29. The lowest BCUT2D eigenvalue weighted by Crippen LogP contribution is -2.58. The summed E-state index contributed by atoms with van der Waals surface area (Å²) in [6.45, 7) is 21.2. The number of methoxy groups -OCH3 is 2. The SMILES string of the molecule is COc1ccc(C(OCC(OC(=O)CCC(=O)O)C(=O)N(CCCCN(CCCNC(=O)CCCNC(=O)CCCCOC2OC(COC(C)=O)C(C)C(C)C2NC(C)=O)C(=O)CCCNC(=O)CCCCOC2OC(COC(C)=O)C(C)C(C)C2NC(C)=O)CCCNC(=O)CCCNC(=O)CCCCOC2OC(COC(C)=O)C(C)C(C)C2NC(C)=O)(c2ccccc2)c2ccc(OC)cc2)cc1. The fourth-order valence-corrected chi connectivity index (χ4v) is 16.9. The van der Waals surface area contributed by atoms with Gasteiger partial charge in [0.2, 0.25) is 59.3 Å². The molecule has 16 unspecified atom stereocenters. The Morgan fingerprint density at radius 3 is 1.04 bits per heavy atom. The van der Waals surface area contributed by atoms with Crippen molar-refractivity contribution in [1.29, 1.82) is 0 Å². The van der Waals surface area contributed by atoms with Crippen LogP contribution in [0.25, 0.3) is 0 Å². The van der Waals surface area contributed by atoms with Crippen LogP contribution in [0.15, 0.2) is 78.9 Å². The molecule has 3 fully saturated rings. The van der Waals surface area contributed by atoms with Crippen molar-refractivity contribution in [3.63, 3.8) is 0 Å². The van der Waals surface area contributed by atoms with Crippen molar-refractivity contribution in [3.8, 4) is 11.5 Å². The predicted octanol–water partition coefficient (Wildman–Crippen LogP) is 7.68. The van der Waals surface area contributed by atoms with Crippen LogP contribution in [0.1, 0.15) is 235 Å². The minimum atomic E-state index is -1.71. The lowest BCUT2D eigenvalue weighted by atomic mass is 9.80. The van der Waals surface area contributed by atoms with Crippen LogP contribution in [0.3, 0.4) is 0 Å². The standard InChI is InChI=1S/C101H154N10O29/c1-65-68(4)94(107-71(7)112)98(138-82(65)61-133-74(10)115)130-58-23-18-33-86(118)102-49-26-36-89(121)105-52-29-56-110(91(123)38-28-51-104-88(120)35-20-25-60-132-100-96(109-73(9)114)70(6)67(3)84(140-100)63-135-76(12)117)54-21-22-55-111(57-30-53-106-90(122)37-27-50-103-87(119)34-19-24-59-131-99-95(108-72(8)113)69(5)66(2)83(139-99)62-134-75(11)116)97(127)85(137-93(126)48-47-92(124)125)64-136-101(77-31-16-15-17-32-77,78-39-43-80(128-13)44-40-78)79-41-45-81(129-14)46-42-79/h15-17,31-32,39-46,65-70,82-85,94-96,98-100H,18-30,33-38,47-64H2,1-14H3,(H,102,118)(H,103,119)(H,104,120)(H,105,121)(H,106,122)(H,107,112)(H,108,113)(H,109,114)(H,124,125). The second-order valence-electron chi connectivity index (χ2n) is 36.2. The van der Waals surface area contributed by atoms with E-state index in [-0.39, 0.29) is 245 Å². The molecule has 3 aromatic carbocycles. The molecule has 0 aliphatic carbocycles. The second kappa shape index (κ2) is 63.7. The van der Waals surface area contributed by atoms with E-state index in [1.807, 2.05) is 96.1 Å². The Hall–Kier alpha value is -11.0. The summed E-state index contributed by atoms with van der Waals surface area (Å²) in [5.41, 5.74) is 0.243. The van der Waals surface area contributed by atoms with Crippen LogP contribution in [0.5, 0.6) is 11.5 Å². The van der Waals surface area contributed by atoms with E-state index in [1.54, 1.807) is 29.2 Å². The number of hydrogen-bond acceptors (Lipinski definition) is 28. The van der Waals surface area contributed by atoms with Gasteiger partial charge >= 0.3 is 29.8 Å². The molecule has 3 saturated heterocycles. The van der Waals surface area contributed by atoms with E-state index in [0.717, 1.165) is 0 Å². The minimum Gasteiger partial charge on any atom is -0.497 e. The summed E-state index contributed by atoms with van der Waals surface area (Å²) in [4.78, 5) is 197. The molecule has 6 rings (SSSR count). The highest BCUT2D eigenvalue weighted by atomic mass is 16.7. The lowest BCUT2D eigenvalue weighted by Gasteiger charge is -2.44. The van der Waals surface area contributed by atoms with Crippen molar-refractivity contribution < 1.29 is 139 Å². The third-order valence-corrected chi connectivity index (χ3v) is 25.5. The maximum Gasteiger partial charge on any atom is 0.307 e. The molecule has 3 aromatic rings. The molecule has 3 aliphatic rings. The fraction of sp³-hybridized carbons (Fsp3) is 0.673. The van der Waals surface area contributed by atoms with E-state index in [4.69, 9.17) is 61.6 Å². The van der Waals surface area contributed by atoms with Gasteiger partial charge in [-0.1, -0.05) is 96.1 Å². The molecule has 16 atom stereocenters. The van der Waals surface area contributed by atoms with Gasteiger partial charge < -0.3 is 119 Å². The van der Waals surface area contributed by atoms with Crippen molar-refractivity contribution in [2.45, 2.75) is 285 Å². The van der Waals surface area contributed by atoms with Gasteiger partial charge in [0, 0.05) is 159 Å². The molecule has 0 radical (unpaired) electrons. The molecule has 39 heteroatoms. The first-order valence-electron chi connectivity index (χ1n) is 49.3. The number of nitrogens with zero attached hydrogens (tertiary/aromatic N) is 2. The van der Waals surface area contributed by atoms with Crippen molar-refractivity contribution in [1.82, 2.24) is 52.3 Å². The number of rotatable bonds is 65. The smallest absolute Gasteiger partial charge is 0.307 e. The zero-order chi connectivity index (χ0) is 103. The largest absolute Gasteiger partial charge is 0.497 e. The van der Waals surface area contributed by atoms with Gasteiger partial charge in [-0.15, -0.1) is 0 Å². The number of nitrogens with one attached hydrogen (secondary N) is 8. The van der Waals surface area contributed by atoms with E-state index in [0.29, 0.717) is 92.4 Å². The quantitative estimate of drug-likeness (QED) is 0.0113. The van der Waals surface area contributed by atoms with Gasteiger partial charge in [0.25, 0.3) is 5.91 Å². The first kappa shape index (κ1) is 118. The Kier molecular flexibility index (Phi) is 53.6. The molecule has 0 saturated carbocycles. The zero-order valence-corrected chi connectivity index (χ0v) is 84.2. The topological polar surface area (TPSA) is 499 Å². The average molecular weight is 1970 g/mol. The Labute approximate surface area is 822 Å². The van der Waals surface area contributed by atoms with Crippen LogP contribution in [0.4, 0.5) is 0 Å². The lowest BCUT2D eigenvalue weighted by molar-refractivity contribution is -0.244. The summed E-state index contributed by atoms with van der Waals surface area (Å²) in [5.74, 6) is -6.08. The number of carboxylic acid groups (broad SMARTS) is 1. The predicted molar refractivity (Wildman–Crippen MR) is 512 cm³/mol. The summed E-state index contributed by atoms with van der Waals surface area (Å²) < 4.78 is 77.0. The van der Waals surface area contributed by atoms with Gasteiger partial charge in [0.1, 0.15) is 36.9 Å². The highest BCUT2D eigenvalue weighted by Gasteiger charge is 2.47.